The highest BCUT2D eigenvalue weighted by atomic mass is 32.1. The molecule has 1 aliphatic heterocycles. The summed E-state index contributed by atoms with van der Waals surface area (Å²) in [5, 5.41) is 1.12. The zero-order valence-corrected chi connectivity index (χ0v) is 15.9. The highest BCUT2D eigenvalue weighted by molar-refractivity contribution is 7.22. The molecule has 7 heteroatoms. The van der Waals surface area contributed by atoms with Crippen LogP contribution in [-0.2, 0) is 6.54 Å². The topological polar surface area (TPSA) is 58.5 Å². The minimum absolute atomic E-state index is 0.556. The van der Waals surface area contributed by atoms with Crippen LogP contribution in [0.15, 0.2) is 51.5 Å². The Balaban J connectivity index is 1.24. The molecule has 138 valence electrons. The first-order valence-electron chi connectivity index (χ1n) is 9.09. The van der Waals surface area contributed by atoms with Crippen LogP contribution in [0.4, 0.5) is 5.13 Å². The standard InChI is InChI=1S/C20H20N4O2S/c1-14-16(21-19(26-14)17-6-4-12-25-17)13-23-8-10-24(11-9-23)20-22-15-5-2-3-7-18(15)27-20/h2-7,12H,8-11,13H2,1H3. The van der Waals surface area contributed by atoms with E-state index in [0.717, 1.165) is 54.8 Å². The highest BCUT2D eigenvalue weighted by Gasteiger charge is 2.22. The predicted molar refractivity (Wildman–Crippen MR) is 106 cm³/mol. The summed E-state index contributed by atoms with van der Waals surface area (Å²) >= 11 is 1.77. The van der Waals surface area contributed by atoms with Crippen molar-refractivity contribution >= 4 is 26.7 Å². The lowest BCUT2D eigenvalue weighted by molar-refractivity contribution is 0.246. The molecule has 5 rings (SSSR count). The lowest BCUT2D eigenvalue weighted by Crippen LogP contribution is -2.46. The molecule has 1 fully saturated rings. The fourth-order valence-electron chi connectivity index (χ4n) is 3.38. The van der Waals surface area contributed by atoms with E-state index in [9.17, 15) is 0 Å². The van der Waals surface area contributed by atoms with Crippen molar-refractivity contribution in [2.24, 2.45) is 0 Å². The Morgan fingerprint density at radius 1 is 1.04 bits per heavy atom. The summed E-state index contributed by atoms with van der Waals surface area (Å²) in [5.74, 6) is 2.08. The first kappa shape index (κ1) is 16.5. The molecule has 0 saturated carbocycles. The summed E-state index contributed by atoms with van der Waals surface area (Å²) < 4.78 is 12.4. The highest BCUT2D eigenvalue weighted by Crippen LogP contribution is 2.29. The van der Waals surface area contributed by atoms with E-state index in [0.29, 0.717) is 11.7 Å². The maximum atomic E-state index is 5.77. The third-order valence-electron chi connectivity index (χ3n) is 4.92. The van der Waals surface area contributed by atoms with E-state index in [2.05, 4.69) is 33.0 Å². The Bertz CT molecular complexity index is 1010. The van der Waals surface area contributed by atoms with Crippen molar-refractivity contribution in [1.82, 2.24) is 14.9 Å². The molecule has 0 amide bonds. The molecule has 4 heterocycles. The summed E-state index contributed by atoms with van der Waals surface area (Å²) in [4.78, 5) is 14.2. The quantitative estimate of drug-likeness (QED) is 0.529. The number of aromatic nitrogens is 2. The van der Waals surface area contributed by atoms with Gasteiger partial charge in [-0.1, -0.05) is 23.5 Å². The average Bonchev–Trinajstić information content (AvgIpc) is 3.42. The van der Waals surface area contributed by atoms with Gasteiger partial charge in [0, 0.05) is 32.7 Å². The van der Waals surface area contributed by atoms with Gasteiger partial charge in [0.1, 0.15) is 5.76 Å². The number of para-hydroxylation sites is 1. The Morgan fingerprint density at radius 3 is 2.67 bits per heavy atom. The number of hydrogen-bond acceptors (Lipinski definition) is 7. The molecule has 0 N–H and O–H groups in total. The van der Waals surface area contributed by atoms with Crippen molar-refractivity contribution in [1.29, 1.82) is 0 Å². The zero-order chi connectivity index (χ0) is 18.2. The molecule has 1 saturated heterocycles. The maximum Gasteiger partial charge on any atom is 0.263 e. The molecule has 27 heavy (non-hydrogen) atoms. The normalized spacial score (nSPS) is 15.7. The van der Waals surface area contributed by atoms with E-state index in [1.54, 1.807) is 17.6 Å². The van der Waals surface area contributed by atoms with Crippen molar-refractivity contribution in [3.05, 3.63) is 54.1 Å². The van der Waals surface area contributed by atoms with Crippen LogP contribution in [0.2, 0.25) is 0 Å². The third-order valence-corrected chi connectivity index (χ3v) is 6.02. The van der Waals surface area contributed by atoms with Crippen LogP contribution in [0, 0.1) is 6.92 Å². The number of benzene rings is 1. The van der Waals surface area contributed by atoms with Gasteiger partial charge < -0.3 is 13.7 Å². The van der Waals surface area contributed by atoms with E-state index in [-0.39, 0.29) is 0 Å². The molecule has 6 nitrogen and oxygen atoms in total. The molecule has 1 aliphatic rings. The van der Waals surface area contributed by atoms with Crippen LogP contribution in [0.3, 0.4) is 0 Å². The first-order chi connectivity index (χ1) is 13.3. The largest absolute Gasteiger partial charge is 0.459 e. The fourth-order valence-corrected chi connectivity index (χ4v) is 4.40. The number of rotatable bonds is 4. The molecule has 0 radical (unpaired) electrons. The third kappa shape index (κ3) is 3.24. The Hall–Kier alpha value is -2.64. The number of anilines is 1. The lowest BCUT2D eigenvalue weighted by Gasteiger charge is -2.34. The second kappa shape index (κ2) is 6.83. The van der Waals surface area contributed by atoms with Gasteiger partial charge in [-0.15, -0.1) is 0 Å². The first-order valence-corrected chi connectivity index (χ1v) is 9.91. The second-order valence-electron chi connectivity index (χ2n) is 6.73. The Labute approximate surface area is 161 Å². The van der Waals surface area contributed by atoms with E-state index in [1.807, 2.05) is 25.1 Å². The molecule has 0 aliphatic carbocycles. The minimum atomic E-state index is 0.556. The predicted octanol–water partition coefficient (Wildman–Crippen LogP) is 4.17. The van der Waals surface area contributed by atoms with Crippen LogP contribution in [-0.4, -0.2) is 41.0 Å². The molecular weight excluding hydrogens is 360 g/mol. The van der Waals surface area contributed by atoms with Gasteiger partial charge >= 0.3 is 0 Å². The summed E-state index contributed by atoms with van der Waals surface area (Å²) in [7, 11) is 0. The maximum absolute atomic E-state index is 5.77. The van der Waals surface area contributed by atoms with Crippen LogP contribution in [0.25, 0.3) is 21.9 Å². The van der Waals surface area contributed by atoms with Crippen molar-refractivity contribution in [3.63, 3.8) is 0 Å². The van der Waals surface area contributed by atoms with Gasteiger partial charge in [0.25, 0.3) is 5.89 Å². The van der Waals surface area contributed by atoms with Gasteiger partial charge in [-0.2, -0.15) is 0 Å². The van der Waals surface area contributed by atoms with E-state index in [1.165, 1.54) is 4.70 Å². The van der Waals surface area contributed by atoms with Crippen LogP contribution in [0.5, 0.6) is 0 Å². The van der Waals surface area contributed by atoms with E-state index < -0.39 is 0 Å². The SMILES string of the molecule is Cc1oc(-c2ccco2)nc1CN1CCN(c2nc3ccccc3s2)CC1. The van der Waals surface area contributed by atoms with Crippen molar-refractivity contribution in [3.8, 4) is 11.7 Å². The van der Waals surface area contributed by atoms with Gasteiger partial charge in [-0.05, 0) is 31.2 Å². The molecule has 0 bridgehead atoms. The van der Waals surface area contributed by atoms with Crippen molar-refractivity contribution in [2.75, 3.05) is 31.1 Å². The summed E-state index contributed by atoms with van der Waals surface area (Å²) in [6.07, 6.45) is 1.63. The molecule has 0 spiro atoms. The number of piperazine rings is 1. The van der Waals surface area contributed by atoms with Crippen LogP contribution >= 0.6 is 11.3 Å². The zero-order valence-electron chi connectivity index (χ0n) is 15.1. The van der Waals surface area contributed by atoms with Crippen LogP contribution in [0.1, 0.15) is 11.5 Å². The Morgan fingerprint density at radius 2 is 1.89 bits per heavy atom. The van der Waals surface area contributed by atoms with Gasteiger partial charge in [-0.3, -0.25) is 4.90 Å². The van der Waals surface area contributed by atoms with Crippen molar-refractivity contribution in [2.45, 2.75) is 13.5 Å². The van der Waals surface area contributed by atoms with Gasteiger partial charge in [0.15, 0.2) is 10.9 Å². The number of oxazole rings is 1. The molecule has 3 aromatic heterocycles. The molecular formula is C20H20N4O2S. The van der Waals surface area contributed by atoms with Gasteiger partial charge in [-0.25, -0.2) is 9.97 Å². The lowest BCUT2D eigenvalue weighted by atomic mass is 10.3. The van der Waals surface area contributed by atoms with Gasteiger partial charge in [0.2, 0.25) is 0 Å². The molecule has 1 aromatic carbocycles. The van der Waals surface area contributed by atoms with Crippen LogP contribution < -0.4 is 4.90 Å². The van der Waals surface area contributed by atoms with E-state index >= 15 is 0 Å². The monoisotopic (exact) mass is 380 g/mol. The summed E-state index contributed by atoms with van der Waals surface area (Å²) in [5.41, 5.74) is 2.07. The number of fused-ring (bicyclic) bond motifs is 1. The number of hydrogen-bond donors (Lipinski definition) is 0. The number of nitrogens with zero attached hydrogens (tertiary/aromatic N) is 4. The van der Waals surface area contributed by atoms with E-state index in [4.69, 9.17) is 13.8 Å². The Kier molecular flexibility index (Phi) is 4.18. The van der Waals surface area contributed by atoms with Gasteiger partial charge in [0.05, 0.1) is 22.2 Å². The average molecular weight is 380 g/mol. The second-order valence-corrected chi connectivity index (χ2v) is 7.74. The molecule has 4 aromatic rings. The molecule has 0 atom stereocenters. The fraction of sp³-hybridized carbons (Fsp3) is 0.300. The molecule has 0 unspecified atom stereocenters. The number of aryl methyl sites for hydroxylation is 1. The minimum Gasteiger partial charge on any atom is -0.459 e. The summed E-state index contributed by atoms with van der Waals surface area (Å²) in [6.45, 7) is 6.68. The number of thiazole rings is 1. The van der Waals surface area contributed by atoms with Crippen molar-refractivity contribution < 1.29 is 8.83 Å². The summed E-state index contributed by atoms with van der Waals surface area (Å²) in [6, 6.07) is 12.0. The number of furan rings is 1. The smallest absolute Gasteiger partial charge is 0.263 e.